The first-order valence-electron chi connectivity index (χ1n) is 21.0. The van der Waals surface area contributed by atoms with Gasteiger partial charge in [-0.2, -0.15) is 0 Å². The number of carboxylic acid groups (broad SMARTS) is 1. The number of benzene rings is 2. The van der Waals surface area contributed by atoms with Crippen molar-refractivity contribution in [2.75, 3.05) is 44.7 Å². The number of thiocarbonyl (C=S) groups is 1. The Morgan fingerprint density at radius 2 is 1.21 bits per heavy atom. The maximum atomic E-state index is 12.6. The fourth-order valence-corrected chi connectivity index (χ4v) is 6.97. The molecule has 5 heterocycles. The van der Waals surface area contributed by atoms with Crippen LogP contribution >= 0.6 is 12.2 Å². The molecule has 2 amide bonds. The molecular weight excluding hydrogens is 823 g/mol. The number of hydrogen-bond acceptors (Lipinski definition) is 11. The van der Waals surface area contributed by atoms with Gasteiger partial charge in [-0.05, 0) is 144 Å². The highest BCUT2D eigenvalue weighted by molar-refractivity contribution is 7.80. The largest absolute Gasteiger partial charge is 0.493 e. The summed E-state index contributed by atoms with van der Waals surface area (Å²) in [6.45, 7) is 11.6. The Morgan fingerprint density at radius 1 is 0.683 bits per heavy atom. The summed E-state index contributed by atoms with van der Waals surface area (Å²) in [5, 5.41) is 15.7. The second-order valence-electron chi connectivity index (χ2n) is 16.3. The van der Waals surface area contributed by atoms with Crippen LogP contribution in [0.25, 0.3) is 0 Å². The number of pyridine rings is 3. The van der Waals surface area contributed by atoms with Gasteiger partial charge in [0.2, 0.25) is 17.6 Å². The van der Waals surface area contributed by atoms with Gasteiger partial charge in [-0.3, -0.25) is 0 Å². The molecule has 2 aliphatic heterocycles. The first-order chi connectivity index (χ1) is 30.3. The van der Waals surface area contributed by atoms with Gasteiger partial charge in [-0.1, -0.05) is 12.1 Å². The van der Waals surface area contributed by atoms with E-state index in [1.807, 2.05) is 100 Å². The smallest absolute Gasteiger partial charge is 0.416 e. The van der Waals surface area contributed by atoms with Crippen molar-refractivity contribution in [3.63, 3.8) is 0 Å². The van der Waals surface area contributed by atoms with E-state index in [4.69, 9.17) is 41.0 Å². The average molecular weight is 878 g/mol. The molecule has 63 heavy (non-hydrogen) atoms. The van der Waals surface area contributed by atoms with E-state index in [1.165, 1.54) is 4.90 Å². The monoisotopic (exact) mass is 877 g/mol. The van der Waals surface area contributed by atoms with Crippen LogP contribution in [0.4, 0.5) is 15.3 Å². The highest BCUT2D eigenvalue weighted by Gasteiger charge is 2.25. The zero-order valence-corrected chi connectivity index (χ0v) is 36.9. The maximum absolute atomic E-state index is 12.6. The van der Waals surface area contributed by atoms with Gasteiger partial charge < -0.3 is 49.2 Å². The zero-order chi connectivity index (χ0) is 44.6. The Morgan fingerprint density at radius 3 is 1.68 bits per heavy atom. The van der Waals surface area contributed by atoms with Crippen LogP contribution in [-0.2, 0) is 0 Å². The minimum absolute atomic E-state index is 0.145. The van der Waals surface area contributed by atoms with E-state index in [1.54, 1.807) is 41.7 Å². The lowest BCUT2D eigenvalue weighted by molar-refractivity contribution is 0.111. The van der Waals surface area contributed by atoms with Crippen LogP contribution in [0.5, 0.6) is 40.6 Å². The average Bonchev–Trinajstić information content (AvgIpc) is 3.27. The molecule has 0 bridgehead atoms. The van der Waals surface area contributed by atoms with Crippen molar-refractivity contribution in [3.05, 3.63) is 115 Å². The fourth-order valence-electron chi connectivity index (χ4n) is 6.54. The third kappa shape index (κ3) is 15.6. The van der Waals surface area contributed by atoms with Gasteiger partial charge in [0, 0.05) is 62.3 Å². The lowest BCUT2D eigenvalue weighted by Gasteiger charge is -2.31. The summed E-state index contributed by atoms with van der Waals surface area (Å²) in [7, 11) is 0. The van der Waals surface area contributed by atoms with Crippen molar-refractivity contribution in [2.24, 2.45) is 11.8 Å². The Balaban J connectivity index is 0.000000228. The number of carbonyl (C=O) groups excluding carboxylic acids is 1. The molecular formula is C47H55N7O8S. The van der Waals surface area contributed by atoms with Crippen LogP contribution in [-0.4, -0.2) is 92.1 Å². The predicted molar refractivity (Wildman–Crippen MR) is 243 cm³/mol. The number of nitrogens with zero attached hydrogens (tertiary/aromatic N) is 5. The van der Waals surface area contributed by atoms with Crippen LogP contribution in [0.3, 0.4) is 0 Å². The van der Waals surface area contributed by atoms with Crippen molar-refractivity contribution in [1.82, 2.24) is 30.1 Å². The quantitative estimate of drug-likeness (QED) is 0.101. The molecule has 0 unspecified atom stereocenters. The number of aryl methyl sites for hydroxylation is 1. The summed E-state index contributed by atoms with van der Waals surface area (Å²) < 4.78 is 28.7. The van der Waals surface area contributed by atoms with E-state index in [0.717, 1.165) is 42.7 Å². The fraction of sp³-hybridized carbons (Fsp3) is 0.362. The molecule has 2 fully saturated rings. The Bertz CT molecular complexity index is 2190. The van der Waals surface area contributed by atoms with Gasteiger partial charge >= 0.3 is 12.2 Å². The number of rotatable bonds is 12. The highest BCUT2D eigenvalue weighted by Crippen LogP contribution is 2.26. The summed E-state index contributed by atoms with van der Waals surface area (Å²) in [5.41, 5.74) is 1.65. The number of ether oxygens (including phenoxy) is 5. The van der Waals surface area contributed by atoms with Crippen molar-refractivity contribution in [1.29, 1.82) is 0 Å². The molecule has 2 saturated heterocycles. The second kappa shape index (κ2) is 22.4. The van der Waals surface area contributed by atoms with Gasteiger partial charge in [0.15, 0.2) is 5.11 Å². The summed E-state index contributed by atoms with van der Waals surface area (Å²) in [6, 6.07) is 27.7. The molecule has 16 heteroatoms. The molecule has 332 valence electrons. The summed E-state index contributed by atoms with van der Waals surface area (Å²) in [6.07, 6.45) is 7.16. The van der Waals surface area contributed by atoms with Gasteiger partial charge in [0.05, 0.1) is 25.1 Å². The Kier molecular flexibility index (Phi) is 16.3. The number of nitrogens with one attached hydrogen (secondary N) is 2. The van der Waals surface area contributed by atoms with Crippen LogP contribution in [0.2, 0.25) is 0 Å². The van der Waals surface area contributed by atoms with E-state index >= 15 is 0 Å². The Hall–Kier alpha value is -6.68. The molecule has 7 rings (SSSR count). The molecule has 3 N–H and O–H groups in total. The predicted octanol–water partition coefficient (Wildman–Crippen LogP) is 9.59. The number of likely N-dealkylation sites (tertiary alicyclic amines) is 2. The lowest BCUT2D eigenvalue weighted by atomic mass is 9.98. The molecule has 2 aliphatic rings. The topological polar surface area (TPSA) is 170 Å². The van der Waals surface area contributed by atoms with E-state index in [9.17, 15) is 9.59 Å². The number of carbonyl (C=O) groups is 2. The van der Waals surface area contributed by atoms with E-state index in [0.29, 0.717) is 85.3 Å². The summed E-state index contributed by atoms with van der Waals surface area (Å²) in [4.78, 5) is 39.3. The number of hydrogen-bond donors (Lipinski definition) is 3. The molecule has 0 aliphatic carbocycles. The van der Waals surface area contributed by atoms with Gasteiger partial charge in [-0.15, -0.1) is 0 Å². The molecule has 0 atom stereocenters. The van der Waals surface area contributed by atoms with Gasteiger partial charge in [-0.25, -0.2) is 24.5 Å². The standard InChI is InChI=1S/C28H33N5O4S.C19H22N2O4/c1-28(2,3)32-26(38)31-21-7-12-25(30-18-21)37-27(34)33-16-13-20(14-17-33)19-35-22-8-10-23(11-9-22)36-24-6-4-5-15-29-24;1-14-2-7-18(20-12-14)25-17-5-3-16(4-6-17)24-13-15-8-10-21(11-9-15)19(22)23/h4-12,15,18,20H,13-14,16-17,19H2,1-3H3,(H2,31,32,38);2-7,12,15H,8-11,13H2,1H3,(H,22,23). The van der Waals surface area contributed by atoms with Crippen molar-refractivity contribution < 1.29 is 38.4 Å². The van der Waals surface area contributed by atoms with Crippen LogP contribution in [0, 0.1) is 18.8 Å². The van der Waals surface area contributed by atoms with Crippen LogP contribution in [0.15, 0.2) is 110 Å². The minimum atomic E-state index is -0.835. The van der Waals surface area contributed by atoms with Crippen LogP contribution in [0.1, 0.15) is 52.0 Å². The SMILES string of the molecule is CC(C)(C)NC(=S)Nc1ccc(OC(=O)N2CCC(COc3ccc(Oc4ccccn4)cc3)CC2)nc1.Cc1ccc(Oc2ccc(OCC3CCN(C(=O)O)CC3)cc2)nc1. The molecule has 0 spiro atoms. The lowest BCUT2D eigenvalue weighted by Crippen LogP contribution is -2.42. The normalized spacial score (nSPS) is 14.3. The number of piperidine rings is 2. The Labute approximate surface area is 373 Å². The first kappa shape index (κ1) is 45.8. The van der Waals surface area contributed by atoms with E-state index < -0.39 is 12.2 Å². The van der Waals surface area contributed by atoms with E-state index in [-0.39, 0.29) is 11.4 Å². The van der Waals surface area contributed by atoms with E-state index in [2.05, 4.69) is 25.6 Å². The number of aromatic nitrogens is 3. The maximum Gasteiger partial charge on any atom is 0.416 e. The molecule has 15 nitrogen and oxygen atoms in total. The number of amides is 2. The van der Waals surface area contributed by atoms with Gasteiger partial charge in [0.1, 0.15) is 23.0 Å². The minimum Gasteiger partial charge on any atom is -0.493 e. The van der Waals surface area contributed by atoms with Crippen molar-refractivity contribution in [2.45, 2.75) is 58.9 Å². The molecule has 3 aromatic heterocycles. The van der Waals surface area contributed by atoms with Crippen LogP contribution < -0.4 is 34.3 Å². The zero-order valence-electron chi connectivity index (χ0n) is 36.1. The molecule has 2 aromatic carbocycles. The van der Waals surface area contributed by atoms with Crippen molar-refractivity contribution in [3.8, 4) is 40.6 Å². The van der Waals surface area contributed by atoms with Crippen molar-refractivity contribution >= 4 is 35.2 Å². The summed E-state index contributed by atoms with van der Waals surface area (Å²) in [5.74, 6) is 5.07. The molecule has 0 radical (unpaired) electrons. The number of anilines is 1. The molecule has 0 saturated carbocycles. The molecule has 5 aromatic rings. The highest BCUT2D eigenvalue weighted by atomic mass is 32.1. The summed E-state index contributed by atoms with van der Waals surface area (Å²) >= 11 is 5.30. The van der Waals surface area contributed by atoms with Gasteiger partial charge in [0.25, 0.3) is 0 Å². The first-order valence-corrected chi connectivity index (χ1v) is 21.4. The second-order valence-corrected chi connectivity index (χ2v) is 16.7. The third-order valence-electron chi connectivity index (χ3n) is 10.0. The third-order valence-corrected chi connectivity index (χ3v) is 10.2.